The van der Waals surface area contributed by atoms with Crippen molar-refractivity contribution in [1.82, 2.24) is 14.5 Å². The van der Waals surface area contributed by atoms with Gasteiger partial charge in [0, 0.05) is 40.4 Å². The monoisotopic (exact) mass is 639 g/mol. The van der Waals surface area contributed by atoms with Crippen molar-refractivity contribution in [1.29, 1.82) is 0 Å². The molecule has 0 saturated carbocycles. The molecule has 0 radical (unpaired) electrons. The highest BCUT2D eigenvalue weighted by Crippen LogP contribution is 2.48. The summed E-state index contributed by atoms with van der Waals surface area (Å²) in [5.74, 6) is 2.37. The van der Waals surface area contributed by atoms with Crippen LogP contribution < -0.4 is 4.74 Å². The lowest BCUT2D eigenvalue weighted by molar-refractivity contribution is 0.483. The average molecular weight is 640 g/mol. The van der Waals surface area contributed by atoms with Crippen molar-refractivity contribution >= 4 is 21.8 Å². The minimum atomic E-state index is 0.746. The Morgan fingerprint density at radius 3 is 1.70 bits per heavy atom. The van der Waals surface area contributed by atoms with Crippen molar-refractivity contribution in [2.75, 3.05) is 0 Å². The maximum atomic E-state index is 6.56. The second kappa shape index (κ2) is 11.4. The molecule has 0 bridgehead atoms. The van der Waals surface area contributed by atoms with Crippen LogP contribution in [0.4, 0.5) is 0 Å². The van der Waals surface area contributed by atoms with Gasteiger partial charge in [-0.2, -0.15) is 0 Å². The van der Waals surface area contributed by atoms with E-state index in [0.717, 1.165) is 56.1 Å². The smallest absolute Gasteiger partial charge is 0.137 e. The third-order valence-corrected chi connectivity index (χ3v) is 9.73. The molecule has 0 amide bonds. The quantitative estimate of drug-likeness (QED) is 0.192. The summed E-state index contributed by atoms with van der Waals surface area (Å²) in [6.45, 7) is 0. The highest BCUT2D eigenvalue weighted by molar-refractivity contribution is 6.09. The Balaban J connectivity index is 1.07. The van der Waals surface area contributed by atoms with Gasteiger partial charge in [0.15, 0.2) is 0 Å². The van der Waals surface area contributed by atoms with Crippen molar-refractivity contribution in [2.24, 2.45) is 0 Å². The second-order valence-corrected chi connectivity index (χ2v) is 12.6. The van der Waals surface area contributed by atoms with Crippen LogP contribution in [0.2, 0.25) is 0 Å². The number of aromatic nitrogens is 3. The molecule has 6 aromatic carbocycles. The molecule has 0 fully saturated rings. The van der Waals surface area contributed by atoms with Crippen LogP contribution >= 0.6 is 0 Å². The Hall–Kier alpha value is -6.78. The lowest BCUT2D eigenvalue weighted by atomic mass is 9.81. The molecule has 9 aromatic rings. The van der Waals surface area contributed by atoms with E-state index >= 15 is 0 Å². The maximum Gasteiger partial charge on any atom is 0.137 e. The molecule has 0 atom stereocenters. The molecule has 1 aliphatic rings. The molecule has 0 unspecified atom stereocenters. The molecule has 4 heteroatoms. The van der Waals surface area contributed by atoms with Crippen LogP contribution in [-0.2, 0) is 0 Å². The van der Waals surface area contributed by atoms with Crippen molar-refractivity contribution in [3.63, 3.8) is 0 Å². The highest BCUT2D eigenvalue weighted by Gasteiger charge is 2.22. The van der Waals surface area contributed by atoms with Crippen LogP contribution in [0.3, 0.4) is 0 Å². The summed E-state index contributed by atoms with van der Waals surface area (Å²) in [5.41, 5.74) is 13.6. The normalized spacial score (nSPS) is 11.6. The van der Waals surface area contributed by atoms with Gasteiger partial charge in [-0.15, -0.1) is 0 Å². The highest BCUT2D eigenvalue weighted by atomic mass is 16.5. The molecule has 0 aliphatic heterocycles. The number of para-hydroxylation sites is 1. The van der Waals surface area contributed by atoms with Crippen LogP contribution in [0.25, 0.3) is 83.4 Å². The van der Waals surface area contributed by atoms with Gasteiger partial charge in [-0.3, -0.25) is 9.55 Å². The Morgan fingerprint density at radius 2 is 1.00 bits per heavy atom. The van der Waals surface area contributed by atoms with Gasteiger partial charge in [-0.1, -0.05) is 109 Å². The molecular weight excluding hydrogens is 611 g/mol. The Labute approximate surface area is 289 Å². The van der Waals surface area contributed by atoms with Crippen molar-refractivity contribution in [2.45, 2.75) is 0 Å². The molecule has 0 saturated heterocycles. The van der Waals surface area contributed by atoms with E-state index in [9.17, 15) is 0 Å². The summed E-state index contributed by atoms with van der Waals surface area (Å²) in [5, 5.41) is 2.33. The number of pyridine rings is 2. The topological polar surface area (TPSA) is 39.9 Å². The lowest BCUT2D eigenvalue weighted by Crippen LogP contribution is -1.98. The van der Waals surface area contributed by atoms with Crippen LogP contribution in [-0.4, -0.2) is 14.5 Å². The van der Waals surface area contributed by atoms with Crippen LogP contribution in [0.1, 0.15) is 0 Å². The average Bonchev–Trinajstić information content (AvgIpc) is 3.51. The molecule has 4 nitrogen and oxygen atoms in total. The van der Waals surface area contributed by atoms with Crippen LogP contribution in [0.5, 0.6) is 11.5 Å². The van der Waals surface area contributed by atoms with Crippen molar-refractivity contribution in [3.8, 4) is 73.1 Å². The standard InChI is InChI=1S/C46H29N3O/c1-2-15-34-33(14-1)35-16-3-5-18-37(35)41-28-43(48-29-42(41)38-19-6-4-17-36(34)38)30-12-11-13-31(26-30)50-32-23-24-40-39-20-7-8-21-44(39)49(45(40)27-32)46-22-9-10-25-47-46/h1-29H. The Kier molecular flexibility index (Phi) is 6.46. The molecule has 0 N–H and O–H groups in total. The number of fused-ring (bicyclic) bond motifs is 11. The third-order valence-electron chi connectivity index (χ3n) is 9.73. The number of hydrogen-bond acceptors (Lipinski definition) is 3. The van der Waals surface area contributed by atoms with Crippen LogP contribution in [0, 0.1) is 0 Å². The predicted molar refractivity (Wildman–Crippen MR) is 204 cm³/mol. The molecule has 234 valence electrons. The van der Waals surface area contributed by atoms with E-state index < -0.39 is 0 Å². The summed E-state index contributed by atoms with van der Waals surface area (Å²) < 4.78 is 8.76. The van der Waals surface area contributed by atoms with E-state index in [1.807, 2.05) is 48.8 Å². The number of nitrogens with zero attached hydrogens (tertiary/aromatic N) is 3. The largest absolute Gasteiger partial charge is 0.457 e. The van der Waals surface area contributed by atoms with E-state index in [1.54, 1.807) is 0 Å². The van der Waals surface area contributed by atoms with Gasteiger partial charge in [0.25, 0.3) is 0 Å². The minimum absolute atomic E-state index is 0.746. The molecule has 1 aliphatic carbocycles. The zero-order valence-corrected chi connectivity index (χ0v) is 27.0. The molecule has 3 aromatic heterocycles. The first-order valence-electron chi connectivity index (χ1n) is 16.8. The predicted octanol–water partition coefficient (Wildman–Crippen LogP) is 12.0. The SMILES string of the molecule is c1ccc(-n2c3ccccc3c3ccc(Oc4cccc(-c5cc6c(cn5)-c5ccccc5-c5ccccc5-c5ccccc5-6)c4)cc32)nc1. The van der Waals surface area contributed by atoms with E-state index in [-0.39, 0.29) is 0 Å². The number of rotatable bonds is 4. The van der Waals surface area contributed by atoms with E-state index in [0.29, 0.717) is 0 Å². The summed E-state index contributed by atoms with van der Waals surface area (Å²) >= 11 is 0. The number of ether oxygens (including phenoxy) is 1. The molecule has 50 heavy (non-hydrogen) atoms. The van der Waals surface area contributed by atoms with Crippen molar-refractivity contribution < 1.29 is 4.74 Å². The first kappa shape index (κ1) is 28.3. The van der Waals surface area contributed by atoms with Crippen molar-refractivity contribution in [3.05, 3.63) is 176 Å². The summed E-state index contributed by atoms with van der Waals surface area (Å²) in [6.07, 6.45) is 3.86. The third kappa shape index (κ3) is 4.54. The Bertz CT molecular complexity index is 2740. The Morgan fingerprint density at radius 1 is 0.400 bits per heavy atom. The van der Waals surface area contributed by atoms with Gasteiger partial charge in [-0.25, -0.2) is 4.98 Å². The number of hydrogen-bond donors (Lipinski definition) is 0. The van der Waals surface area contributed by atoms with Gasteiger partial charge >= 0.3 is 0 Å². The summed E-state index contributed by atoms with van der Waals surface area (Å²) in [6, 6.07) is 57.2. The first-order chi connectivity index (χ1) is 24.8. The molecule has 0 spiro atoms. The van der Waals surface area contributed by atoms with Gasteiger partial charge in [0.1, 0.15) is 17.3 Å². The van der Waals surface area contributed by atoms with Gasteiger partial charge < -0.3 is 4.74 Å². The lowest BCUT2D eigenvalue weighted by Gasteiger charge is -2.23. The maximum absolute atomic E-state index is 6.56. The fourth-order valence-electron chi connectivity index (χ4n) is 7.51. The summed E-state index contributed by atoms with van der Waals surface area (Å²) in [4.78, 5) is 9.73. The van der Waals surface area contributed by atoms with E-state index in [2.05, 4.69) is 137 Å². The van der Waals surface area contributed by atoms with E-state index in [4.69, 9.17) is 9.72 Å². The first-order valence-corrected chi connectivity index (χ1v) is 16.8. The fraction of sp³-hybridized carbons (Fsp3) is 0. The minimum Gasteiger partial charge on any atom is -0.457 e. The fourth-order valence-corrected chi connectivity index (χ4v) is 7.51. The van der Waals surface area contributed by atoms with Gasteiger partial charge in [0.05, 0.1) is 16.7 Å². The molecule has 3 heterocycles. The zero-order chi connectivity index (χ0) is 33.0. The second-order valence-electron chi connectivity index (χ2n) is 12.6. The van der Waals surface area contributed by atoms with Gasteiger partial charge in [-0.05, 0) is 87.5 Å². The molecular formula is C46H29N3O. The van der Waals surface area contributed by atoms with Crippen LogP contribution in [0.15, 0.2) is 176 Å². The zero-order valence-electron chi connectivity index (χ0n) is 27.0. The van der Waals surface area contributed by atoms with Gasteiger partial charge in [0.2, 0.25) is 0 Å². The number of benzene rings is 6. The summed E-state index contributed by atoms with van der Waals surface area (Å²) in [7, 11) is 0. The van der Waals surface area contributed by atoms with E-state index in [1.165, 1.54) is 38.8 Å². The molecule has 10 rings (SSSR count).